The Bertz CT molecular complexity index is 401. The molecule has 1 aromatic rings. The van der Waals surface area contributed by atoms with Crippen LogP contribution in [0.25, 0.3) is 0 Å². The first-order valence-electron chi connectivity index (χ1n) is 5.58. The van der Waals surface area contributed by atoms with Gasteiger partial charge in [0.05, 0.1) is 0 Å². The highest BCUT2D eigenvalue weighted by Gasteiger charge is 2.22. The maximum absolute atomic E-state index is 11.4. The van der Waals surface area contributed by atoms with Gasteiger partial charge in [-0.05, 0) is 32.9 Å². The first kappa shape index (κ1) is 13.4. The van der Waals surface area contributed by atoms with Crippen molar-refractivity contribution in [2.75, 3.05) is 12.4 Å². The van der Waals surface area contributed by atoms with Crippen molar-refractivity contribution in [1.82, 2.24) is 10.3 Å². The van der Waals surface area contributed by atoms with E-state index in [0.29, 0.717) is 5.69 Å². The minimum atomic E-state index is -0.249. The molecule has 0 saturated carbocycles. The second-order valence-corrected chi connectivity index (χ2v) is 4.64. The van der Waals surface area contributed by atoms with Gasteiger partial charge < -0.3 is 16.4 Å². The molecule has 17 heavy (non-hydrogen) atoms. The molecule has 1 atom stereocenters. The van der Waals surface area contributed by atoms with Crippen molar-refractivity contribution < 1.29 is 4.79 Å². The van der Waals surface area contributed by atoms with E-state index in [1.54, 1.807) is 19.3 Å². The van der Waals surface area contributed by atoms with Crippen LogP contribution in [0.5, 0.6) is 0 Å². The van der Waals surface area contributed by atoms with Gasteiger partial charge in [0, 0.05) is 30.5 Å². The summed E-state index contributed by atoms with van der Waals surface area (Å²) in [6.45, 7) is 5.96. The van der Waals surface area contributed by atoms with Crippen molar-refractivity contribution in [2.24, 2.45) is 5.73 Å². The molecule has 0 radical (unpaired) electrons. The lowest BCUT2D eigenvalue weighted by Gasteiger charge is -2.31. The summed E-state index contributed by atoms with van der Waals surface area (Å²) in [6.07, 6.45) is 1.60. The number of hydrogen-bond donors (Lipinski definition) is 3. The molecule has 0 aliphatic heterocycles. The van der Waals surface area contributed by atoms with Gasteiger partial charge in [0.15, 0.2) is 0 Å². The molecule has 0 aromatic carbocycles. The van der Waals surface area contributed by atoms with Crippen molar-refractivity contribution in [1.29, 1.82) is 0 Å². The highest BCUT2D eigenvalue weighted by atomic mass is 16.1. The zero-order valence-electron chi connectivity index (χ0n) is 10.7. The molecule has 0 aliphatic carbocycles. The Morgan fingerprint density at radius 3 is 2.71 bits per heavy atom. The van der Waals surface area contributed by atoms with Crippen LogP contribution < -0.4 is 16.4 Å². The average Bonchev–Trinajstić information content (AvgIpc) is 2.27. The summed E-state index contributed by atoms with van der Waals surface area (Å²) < 4.78 is 0. The quantitative estimate of drug-likeness (QED) is 0.728. The number of carbonyl (C=O) groups excluding carboxylic acids is 1. The average molecular weight is 236 g/mol. The normalized spacial score (nSPS) is 13.0. The molecule has 1 rings (SSSR count). The predicted octanol–water partition coefficient (Wildman–Crippen LogP) is 0.979. The van der Waals surface area contributed by atoms with Gasteiger partial charge in [-0.25, -0.2) is 0 Å². The van der Waals surface area contributed by atoms with Crippen LogP contribution in [0, 0.1) is 0 Å². The van der Waals surface area contributed by atoms with Crippen LogP contribution in [-0.2, 0) is 0 Å². The van der Waals surface area contributed by atoms with Crippen molar-refractivity contribution >= 4 is 11.6 Å². The van der Waals surface area contributed by atoms with Gasteiger partial charge in [0.25, 0.3) is 5.91 Å². The van der Waals surface area contributed by atoms with Crippen LogP contribution in [0.1, 0.15) is 31.3 Å². The maximum Gasteiger partial charge on any atom is 0.269 e. The molecule has 1 amide bonds. The lowest BCUT2D eigenvalue weighted by molar-refractivity contribution is 0.0958. The van der Waals surface area contributed by atoms with Gasteiger partial charge in [-0.3, -0.25) is 9.78 Å². The van der Waals surface area contributed by atoms with Gasteiger partial charge in [-0.2, -0.15) is 0 Å². The van der Waals surface area contributed by atoms with Crippen LogP contribution in [0.4, 0.5) is 5.69 Å². The maximum atomic E-state index is 11.4. The van der Waals surface area contributed by atoms with Gasteiger partial charge in [0.2, 0.25) is 0 Å². The molecule has 0 saturated heterocycles. The van der Waals surface area contributed by atoms with Gasteiger partial charge in [0.1, 0.15) is 5.69 Å². The van der Waals surface area contributed by atoms with Crippen molar-refractivity contribution in [2.45, 2.75) is 32.4 Å². The highest BCUT2D eigenvalue weighted by Crippen LogP contribution is 2.17. The Hall–Kier alpha value is -1.62. The number of nitrogens with zero attached hydrogens (tertiary/aromatic N) is 1. The topological polar surface area (TPSA) is 80.0 Å². The van der Waals surface area contributed by atoms with E-state index < -0.39 is 0 Å². The summed E-state index contributed by atoms with van der Waals surface area (Å²) in [4.78, 5) is 15.4. The molecule has 0 bridgehead atoms. The molecule has 94 valence electrons. The standard InChI is InChI=1S/C12H20N4O/c1-8(13)12(2,3)16-9-5-6-15-10(7-9)11(17)14-4/h5-8H,13H2,1-4H3,(H,14,17)(H,15,16). The van der Waals surface area contributed by atoms with Gasteiger partial charge in [-0.15, -0.1) is 0 Å². The predicted molar refractivity (Wildman–Crippen MR) is 69.0 cm³/mol. The number of hydrogen-bond acceptors (Lipinski definition) is 4. The third-order valence-corrected chi connectivity index (χ3v) is 2.82. The molecule has 4 N–H and O–H groups in total. The number of aromatic nitrogens is 1. The molecule has 5 heteroatoms. The molecule has 1 heterocycles. The number of anilines is 1. The third kappa shape index (κ3) is 3.42. The van der Waals surface area contributed by atoms with E-state index in [0.717, 1.165) is 5.69 Å². The van der Waals surface area contributed by atoms with Crippen molar-refractivity contribution in [3.63, 3.8) is 0 Å². The van der Waals surface area contributed by atoms with E-state index in [2.05, 4.69) is 15.6 Å². The summed E-state index contributed by atoms with van der Waals surface area (Å²) in [7, 11) is 1.58. The minimum absolute atomic E-state index is 0.0147. The van der Waals surface area contributed by atoms with Crippen molar-refractivity contribution in [3.05, 3.63) is 24.0 Å². The van der Waals surface area contributed by atoms with Crippen LogP contribution >= 0.6 is 0 Å². The van der Waals surface area contributed by atoms with Crippen molar-refractivity contribution in [3.8, 4) is 0 Å². The van der Waals surface area contributed by atoms with Crippen LogP contribution in [0.2, 0.25) is 0 Å². The number of pyridine rings is 1. The Balaban J connectivity index is 2.90. The second-order valence-electron chi connectivity index (χ2n) is 4.64. The summed E-state index contributed by atoms with van der Waals surface area (Å²) in [5, 5.41) is 5.83. The fourth-order valence-electron chi connectivity index (χ4n) is 1.25. The molecular formula is C12H20N4O. The largest absolute Gasteiger partial charge is 0.379 e. The summed E-state index contributed by atoms with van der Waals surface area (Å²) >= 11 is 0. The van der Waals surface area contributed by atoms with Gasteiger partial charge in [-0.1, -0.05) is 0 Å². The number of nitrogens with two attached hydrogens (primary N) is 1. The molecule has 0 fully saturated rings. The Morgan fingerprint density at radius 1 is 1.53 bits per heavy atom. The first-order chi connectivity index (χ1) is 7.86. The fraction of sp³-hybridized carbons (Fsp3) is 0.500. The smallest absolute Gasteiger partial charge is 0.269 e. The van der Waals surface area contributed by atoms with E-state index in [4.69, 9.17) is 5.73 Å². The van der Waals surface area contributed by atoms with Crippen LogP contribution in [0.15, 0.2) is 18.3 Å². The second kappa shape index (κ2) is 5.14. The zero-order valence-corrected chi connectivity index (χ0v) is 10.7. The minimum Gasteiger partial charge on any atom is -0.379 e. The van der Waals surface area contributed by atoms with E-state index in [1.165, 1.54) is 0 Å². The lowest BCUT2D eigenvalue weighted by atomic mass is 9.96. The number of rotatable bonds is 4. The Kier molecular flexibility index (Phi) is 4.07. The lowest BCUT2D eigenvalue weighted by Crippen LogP contribution is -2.47. The molecule has 1 aromatic heterocycles. The summed E-state index contributed by atoms with van der Waals surface area (Å²) in [5.74, 6) is -0.202. The third-order valence-electron chi connectivity index (χ3n) is 2.82. The molecular weight excluding hydrogens is 216 g/mol. The molecule has 1 unspecified atom stereocenters. The fourth-order valence-corrected chi connectivity index (χ4v) is 1.25. The number of nitrogens with one attached hydrogen (secondary N) is 2. The van der Waals surface area contributed by atoms with Crippen LogP contribution in [0.3, 0.4) is 0 Å². The molecule has 0 spiro atoms. The monoisotopic (exact) mass is 236 g/mol. The Labute approximate surface area is 102 Å². The summed E-state index contributed by atoms with van der Waals surface area (Å²) in [6, 6.07) is 3.51. The Morgan fingerprint density at radius 2 is 2.18 bits per heavy atom. The highest BCUT2D eigenvalue weighted by molar-refractivity contribution is 5.92. The number of amides is 1. The SMILES string of the molecule is CNC(=O)c1cc(NC(C)(C)C(C)N)ccn1. The van der Waals surface area contributed by atoms with E-state index >= 15 is 0 Å². The molecule has 5 nitrogen and oxygen atoms in total. The van der Waals surface area contributed by atoms with E-state index in [1.807, 2.05) is 26.8 Å². The first-order valence-corrected chi connectivity index (χ1v) is 5.58. The van der Waals surface area contributed by atoms with Gasteiger partial charge >= 0.3 is 0 Å². The van der Waals surface area contributed by atoms with E-state index in [-0.39, 0.29) is 17.5 Å². The molecule has 0 aliphatic rings. The van der Waals surface area contributed by atoms with Crippen LogP contribution in [-0.4, -0.2) is 29.5 Å². The number of carbonyl (C=O) groups is 1. The van der Waals surface area contributed by atoms with E-state index in [9.17, 15) is 4.79 Å². The summed E-state index contributed by atoms with van der Waals surface area (Å²) in [5.41, 5.74) is 6.86. The zero-order chi connectivity index (χ0) is 13.1.